The molecule has 1 aliphatic heterocycles. The molecule has 0 bridgehead atoms. The number of likely N-dealkylation sites (tertiary alicyclic amines) is 1. The Bertz CT molecular complexity index is 239. The third kappa shape index (κ3) is 1.78. The fourth-order valence-electron chi connectivity index (χ4n) is 2.32. The number of nitrogens with zero attached hydrogens (tertiary/aromatic N) is 1. The number of nitrogens with two attached hydrogens (primary N) is 1. The van der Waals surface area contributed by atoms with Crippen molar-refractivity contribution in [1.82, 2.24) is 4.90 Å². The molecule has 0 aromatic heterocycles. The van der Waals surface area contributed by atoms with Gasteiger partial charge in [0.2, 0.25) is 5.91 Å². The van der Waals surface area contributed by atoms with Crippen LogP contribution < -0.4 is 5.73 Å². The molecule has 0 aromatic carbocycles. The molecule has 2 rings (SSSR count). The molecule has 4 unspecified atom stereocenters. The summed E-state index contributed by atoms with van der Waals surface area (Å²) in [4.78, 5) is 13.9. The van der Waals surface area contributed by atoms with Crippen LogP contribution in [0, 0.1) is 17.8 Å². The number of amides is 1. The first-order valence-electron chi connectivity index (χ1n) is 5.64. The third-order valence-electron chi connectivity index (χ3n) is 3.71. The van der Waals surface area contributed by atoms with Crippen molar-refractivity contribution in [2.24, 2.45) is 23.5 Å². The SMILES string of the molecule is CC(N)C1CCN(C(=O)C2CC2C)C1. The minimum absolute atomic E-state index is 0.226. The van der Waals surface area contributed by atoms with Gasteiger partial charge in [0, 0.05) is 25.0 Å². The molecule has 80 valence electrons. The summed E-state index contributed by atoms with van der Waals surface area (Å²) < 4.78 is 0. The lowest BCUT2D eigenvalue weighted by atomic mass is 10.0. The van der Waals surface area contributed by atoms with E-state index in [1.807, 2.05) is 11.8 Å². The van der Waals surface area contributed by atoms with Crippen LogP contribution in [-0.2, 0) is 4.79 Å². The molecule has 2 fully saturated rings. The van der Waals surface area contributed by atoms with E-state index in [2.05, 4.69) is 6.92 Å². The Morgan fingerprint density at radius 2 is 2.21 bits per heavy atom. The Balaban J connectivity index is 1.86. The highest BCUT2D eigenvalue weighted by Crippen LogP contribution is 2.40. The second kappa shape index (κ2) is 3.54. The maximum absolute atomic E-state index is 11.9. The van der Waals surface area contributed by atoms with Crippen molar-refractivity contribution < 1.29 is 4.79 Å². The summed E-state index contributed by atoms with van der Waals surface area (Å²) in [5.41, 5.74) is 5.84. The van der Waals surface area contributed by atoms with Gasteiger partial charge in [-0.25, -0.2) is 0 Å². The summed E-state index contributed by atoms with van der Waals surface area (Å²) in [6.07, 6.45) is 2.18. The van der Waals surface area contributed by atoms with Crippen molar-refractivity contribution >= 4 is 5.91 Å². The Morgan fingerprint density at radius 3 is 2.64 bits per heavy atom. The molecule has 3 nitrogen and oxygen atoms in total. The highest BCUT2D eigenvalue weighted by atomic mass is 16.2. The van der Waals surface area contributed by atoms with Gasteiger partial charge in [0.1, 0.15) is 0 Å². The average Bonchev–Trinajstić information content (AvgIpc) is 2.69. The zero-order valence-corrected chi connectivity index (χ0v) is 9.07. The molecule has 1 saturated carbocycles. The molecule has 0 radical (unpaired) electrons. The van der Waals surface area contributed by atoms with E-state index < -0.39 is 0 Å². The molecular formula is C11H20N2O. The molecule has 3 heteroatoms. The normalized spacial score (nSPS) is 38.5. The van der Waals surface area contributed by atoms with Crippen LogP contribution >= 0.6 is 0 Å². The number of hydrogen-bond acceptors (Lipinski definition) is 2. The molecule has 2 N–H and O–H groups in total. The van der Waals surface area contributed by atoms with E-state index in [1.54, 1.807) is 0 Å². The minimum atomic E-state index is 0.226. The average molecular weight is 196 g/mol. The van der Waals surface area contributed by atoms with Crippen molar-refractivity contribution in [3.05, 3.63) is 0 Å². The summed E-state index contributed by atoms with van der Waals surface area (Å²) in [5, 5.41) is 0. The van der Waals surface area contributed by atoms with Gasteiger partial charge in [-0.3, -0.25) is 4.79 Å². The molecule has 0 spiro atoms. The van der Waals surface area contributed by atoms with Gasteiger partial charge in [0.15, 0.2) is 0 Å². The summed E-state index contributed by atoms with van der Waals surface area (Å²) in [6.45, 7) is 6.01. The standard InChI is InChI=1S/C11H20N2O/c1-7-5-10(7)11(14)13-4-3-9(6-13)8(2)12/h7-10H,3-6,12H2,1-2H3. The second-order valence-electron chi connectivity index (χ2n) is 5.01. The Labute approximate surface area is 85.6 Å². The fourth-order valence-corrected chi connectivity index (χ4v) is 2.32. The van der Waals surface area contributed by atoms with Crippen LogP contribution in [0.5, 0.6) is 0 Å². The first-order valence-corrected chi connectivity index (χ1v) is 5.64. The Kier molecular flexibility index (Phi) is 2.52. The highest BCUT2D eigenvalue weighted by molar-refractivity contribution is 5.81. The van der Waals surface area contributed by atoms with E-state index in [0.717, 1.165) is 25.9 Å². The van der Waals surface area contributed by atoms with Crippen LogP contribution in [0.25, 0.3) is 0 Å². The largest absolute Gasteiger partial charge is 0.342 e. The highest BCUT2D eigenvalue weighted by Gasteiger charge is 2.43. The zero-order valence-electron chi connectivity index (χ0n) is 9.07. The van der Waals surface area contributed by atoms with Crippen molar-refractivity contribution in [3.8, 4) is 0 Å². The van der Waals surface area contributed by atoms with Gasteiger partial charge in [-0.2, -0.15) is 0 Å². The molecule has 1 heterocycles. The predicted octanol–water partition coefficient (Wildman–Crippen LogP) is 0.838. The molecule has 4 atom stereocenters. The quantitative estimate of drug-likeness (QED) is 0.711. The summed E-state index contributed by atoms with van der Waals surface area (Å²) in [6, 6.07) is 0.226. The summed E-state index contributed by atoms with van der Waals surface area (Å²) in [7, 11) is 0. The van der Waals surface area contributed by atoms with E-state index in [9.17, 15) is 4.79 Å². The summed E-state index contributed by atoms with van der Waals surface area (Å²) in [5.74, 6) is 1.85. The lowest BCUT2D eigenvalue weighted by Gasteiger charge is -2.18. The zero-order chi connectivity index (χ0) is 10.3. The van der Waals surface area contributed by atoms with Crippen LogP contribution in [0.2, 0.25) is 0 Å². The number of hydrogen-bond donors (Lipinski definition) is 1. The van der Waals surface area contributed by atoms with Gasteiger partial charge >= 0.3 is 0 Å². The van der Waals surface area contributed by atoms with E-state index >= 15 is 0 Å². The van der Waals surface area contributed by atoms with Crippen LogP contribution in [0.15, 0.2) is 0 Å². The minimum Gasteiger partial charge on any atom is -0.342 e. The maximum Gasteiger partial charge on any atom is 0.225 e. The van der Waals surface area contributed by atoms with Crippen molar-refractivity contribution in [2.45, 2.75) is 32.7 Å². The smallest absolute Gasteiger partial charge is 0.225 e. The van der Waals surface area contributed by atoms with Crippen LogP contribution in [0.4, 0.5) is 0 Å². The molecule has 0 aromatic rings. The van der Waals surface area contributed by atoms with Crippen molar-refractivity contribution in [2.75, 3.05) is 13.1 Å². The number of rotatable bonds is 2. The lowest BCUT2D eigenvalue weighted by molar-refractivity contribution is -0.131. The molecule has 14 heavy (non-hydrogen) atoms. The van der Waals surface area contributed by atoms with Crippen molar-refractivity contribution in [3.63, 3.8) is 0 Å². The molecule has 1 aliphatic carbocycles. The van der Waals surface area contributed by atoms with Gasteiger partial charge in [-0.15, -0.1) is 0 Å². The van der Waals surface area contributed by atoms with E-state index in [-0.39, 0.29) is 6.04 Å². The van der Waals surface area contributed by atoms with Gasteiger partial charge in [0.05, 0.1) is 0 Å². The van der Waals surface area contributed by atoms with Gasteiger partial charge in [0.25, 0.3) is 0 Å². The topological polar surface area (TPSA) is 46.3 Å². The first kappa shape index (κ1) is 9.97. The van der Waals surface area contributed by atoms with Gasteiger partial charge in [-0.05, 0) is 31.6 Å². The molecule has 2 aliphatic rings. The van der Waals surface area contributed by atoms with Crippen LogP contribution in [-0.4, -0.2) is 29.9 Å². The van der Waals surface area contributed by atoms with Gasteiger partial charge in [-0.1, -0.05) is 6.92 Å². The van der Waals surface area contributed by atoms with Crippen LogP contribution in [0.3, 0.4) is 0 Å². The summed E-state index contributed by atoms with van der Waals surface area (Å²) >= 11 is 0. The first-order chi connectivity index (χ1) is 6.59. The van der Waals surface area contributed by atoms with E-state index in [4.69, 9.17) is 5.73 Å². The molecular weight excluding hydrogens is 176 g/mol. The fraction of sp³-hybridized carbons (Fsp3) is 0.909. The number of carbonyl (C=O) groups is 1. The Hall–Kier alpha value is -0.570. The molecule has 1 amide bonds. The third-order valence-corrected chi connectivity index (χ3v) is 3.71. The monoisotopic (exact) mass is 196 g/mol. The lowest BCUT2D eigenvalue weighted by Crippen LogP contribution is -2.34. The molecule has 1 saturated heterocycles. The second-order valence-corrected chi connectivity index (χ2v) is 5.01. The number of carbonyl (C=O) groups excluding carboxylic acids is 1. The Morgan fingerprint density at radius 1 is 1.57 bits per heavy atom. The van der Waals surface area contributed by atoms with E-state index in [1.165, 1.54) is 0 Å². The maximum atomic E-state index is 11.9. The van der Waals surface area contributed by atoms with Crippen LogP contribution in [0.1, 0.15) is 26.7 Å². The van der Waals surface area contributed by atoms with E-state index in [0.29, 0.717) is 23.7 Å². The van der Waals surface area contributed by atoms with Gasteiger partial charge < -0.3 is 10.6 Å². The predicted molar refractivity (Wildman–Crippen MR) is 55.6 cm³/mol. The van der Waals surface area contributed by atoms with Crippen molar-refractivity contribution in [1.29, 1.82) is 0 Å².